The molecule has 0 aliphatic rings. The molecule has 0 amide bonds. The Balaban J connectivity index is 0.00000112. The first-order chi connectivity index (χ1) is 6.88. The number of pyridine rings is 2. The molecule has 0 aromatic carbocycles. The molecule has 2 heterocycles. The molecule has 5 heteroatoms. The van der Waals surface area contributed by atoms with Gasteiger partial charge in [0.15, 0.2) is 0 Å². The Morgan fingerprint density at radius 1 is 0.867 bits per heavy atom. The van der Waals surface area contributed by atoms with Gasteiger partial charge in [-0.3, -0.25) is 0 Å². The fraction of sp³-hybridized carbons (Fsp3) is 0. The molecule has 3 nitrogen and oxygen atoms in total. The van der Waals surface area contributed by atoms with Crippen molar-refractivity contribution in [3.63, 3.8) is 0 Å². The van der Waals surface area contributed by atoms with Gasteiger partial charge >= 0.3 is 88.6 Å². The molecule has 0 aliphatic carbocycles. The molecule has 2 aromatic rings. The molecule has 0 unspecified atom stereocenters. The maximum absolute atomic E-state index is 8.13. The van der Waals surface area contributed by atoms with Gasteiger partial charge in [0.05, 0.1) is 0 Å². The van der Waals surface area contributed by atoms with E-state index in [4.69, 9.17) is 3.76 Å². The van der Waals surface area contributed by atoms with Crippen molar-refractivity contribution in [1.82, 2.24) is 9.97 Å². The zero-order valence-corrected chi connectivity index (χ0v) is 11.9. The maximum atomic E-state index is 8.13. The van der Waals surface area contributed by atoms with E-state index < -0.39 is 18.3 Å². The zero-order valence-electron chi connectivity index (χ0n) is 7.87. The molecule has 0 spiro atoms. The third-order valence-electron chi connectivity index (χ3n) is 1.76. The molecular weight excluding hydrogens is 379 g/mol. The number of halogens is 1. The minimum atomic E-state index is -2.55. The fourth-order valence-electron chi connectivity index (χ4n) is 1.09. The van der Waals surface area contributed by atoms with Gasteiger partial charge in [0.2, 0.25) is 0 Å². The Bertz CT molecular complexity index is 391. The normalized spacial score (nSPS) is 9.07. The van der Waals surface area contributed by atoms with E-state index in [0.717, 1.165) is 7.82 Å². The van der Waals surface area contributed by atoms with Gasteiger partial charge in [0.1, 0.15) is 0 Å². The Hall–Kier alpha value is -0.870. The van der Waals surface area contributed by atoms with Gasteiger partial charge in [-0.05, 0) is 0 Å². The molecular formula is C10H10ClN3Ta. The molecule has 0 saturated heterocycles. The van der Waals surface area contributed by atoms with Crippen LogP contribution >= 0.6 is 12.4 Å². The fourth-order valence-corrected chi connectivity index (χ4v) is 4.93. The second-order valence-electron chi connectivity index (χ2n) is 2.71. The Morgan fingerprint density at radius 2 is 1.33 bits per heavy atom. The number of aromatic nitrogens is 2. The van der Waals surface area contributed by atoms with E-state index in [0.29, 0.717) is 0 Å². The van der Waals surface area contributed by atoms with Crippen LogP contribution in [0.2, 0.25) is 0 Å². The van der Waals surface area contributed by atoms with Gasteiger partial charge < -0.3 is 0 Å². The second-order valence-corrected chi connectivity index (χ2v) is 8.41. The average molecular weight is 389 g/mol. The molecule has 2 rings (SSSR count). The van der Waals surface area contributed by atoms with Gasteiger partial charge in [-0.15, -0.1) is 12.4 Å². The summed E-state index contributed by atoms with van der Waals surface area (Å²) in [4.78, 5) is 8.44. The quantitative estimate of drug-likeness (QED) is 0.841. The van der Waals surface area contributed by atoms with Crippen molar-refractivity contribution in [1.29, 1.82) is 3.76 Å². The van der Waals surface area contributed by atoms with Gasteiger partial charge in [0.25, 0.3) is 0 Å². The van der Waals surface area contributed by atoms with Crippen LogP contribution in [-0.4, -0.2) is 9.97 Å². The standard InChI is InChI=1S/2C5H4N.ClH.HN.Ta/c2*1-2-4-6-5-3-1;;;/h2*1-4H;2*1H;. The van der Waals surface area contributed by atoms with Crippen molar-refractivity contribution in [2.24, 2.45) is 0 Å². The molecule has 0 saturated carbocycles. The Kier molecular flexibility index (Phi) is 4.78. The van der Waals surface area contributed by atoms with E-state index in [1.807, 2.05) is 36.4 Å². The van der Waals surface area contributed by atoms with Crippen LogP contribution in [0.15, 0.2) is 48.8 Å². The molecule has 0 atom stereocenters. The van der Waals surface area contributed by atoms with Gasteiger partial charge in [-0.1, -0.05) is 0 Å². The molecule has 0 bridgehead atoms. The summed E-state index contributed by atoms with van der Waals surface area (Å²) in [7, 11) is 0. The summed E-state index contributed by atoms with van der Waals surface area (Å²) in [5.74, 6) is 0. The first kappa shape index (κ1) is 12.2. The molecule has 15 heavy (non-hydrogen) atoms. The topological polar surface area (TPSA) is 49.6 Å². The summed E-state index contributed by atoms with van der Waals surface area (Å²) in [5, 5.41) is 0. The molecule has 0 fully saturated rings. The number of hydrogen-bond donors (Lipinski definition) is 1. The van der Waals surface area contributed by atoms with Crippen LogP contribution in [0.3, 0.4) is 0 Å². The molecule has 77 valence electrons. The molecule has 0 aliphatic heterocycles. The van der Waals surface area contributed by atoms with Crippen molar-refractivity contribution in [2.45, 2.75) is 0 Å². The SMILES string of the molecule is Cl.[NH]=[Ta]([c]1ccccn1)[c]1ccccn1. The number of nitrogens with zero attached hydrogens (tertiary/aromatic N) is 2. The van der Waals surface area contributed by atoms with E-state index >= 15 is 0 Å². The molecule has 2 aromatic heterocycles. The van der Waals surface area contributed by atoms with Crippen LogP contribution < -0.4 is 7.82 Å². The zero-order chi connectivity index (χ0) is 9.80. The molecule has 0 radical (unpaired) electrons. The number of hydrogen-bond acceptors (Lipinski definition) is 3. The minimum absolute atomic E-state index is 0. The van der Waals surface area contributed by atoms with Crippen LogP contribution in [-0.2, 0) is 18.3 Å². The van der Waals surface area contributed by atoms with Crippen LogP contribution in [0.1, 0.15) is 0 Å². The summed E-state index contributed by atoms with van der Waals surface area (Å²) in [6.07, 6.45) is 3.49. The van der Waals surface area contributed by atoms with E-state index in [1.165, 1.54) is 0 Å². The summed E-state index contributed by atoms with van der Waals surface area (Å²) in [6.45, 7) is 0. The third-order valence-corrected chi connectivity index (χ3v) is 6.95. The summed E-state index contributed by atoms with van der Waals surface area (Å²) >= 11 is -2.55. The van der Waals surface area contributed by atoms with E-state index in [1.54, 1.807) is 12.4 Å². The van der Waals surface area contributed by atoms with Gasteiger partial charge in [-0.25, -0.2) is 0 Å². The van der Waals surface area contributed by atoms with Crippen LogP contribution in [0, 0.1) is 3.76 Å². The number of rotatable bonds is 2. The van der Waals surface area contributed by atoms with E-state index in [9.17, 15) is 0 Å². The second kappa shape index (κ2) is 5.88. The van der Waals surface area contributed by atoms with Crippen LogP contribution in [0.25, 0.3) is 0 Å². The first-order valence-electron chi connectivity index (χ1n) is 4.21. The summed E-state index contributed by atoms with van der Waals surface area (Å²) in [5.41, 5.74) is 0. The number of nitrogens with one attached hydrogen (secondary N) is 1. The van der Waals surface area contributed by atoms with Gasteiger partial charge in [-0.2, -0.15) is 0 Å². The average Bonchev–Trinajstić information content (AvgIpc) is 2.30. The van der Waals surface area contributed by atoms with Crippen molar-refractivity contribution >= 4 is 20.2 Å². The monoisotopic (exact) mass is 388 g/mol. The van der Waals surface area contributed by atoms with Crippen molar-refractivity contribution < 1.29 is 18.3 Å². The molecule has 1 N–H and O–H groups in total. The first-order valence-corrected chi connectivity index (χ1v) is 9.03. The van der Waals surface area contributed by atoms with Crippen LogP contribution in [0.5, 0.6) is 0 Å². The van der Waals surface area contributed by atoms with Crippen molar-refractivity contribution in [2.75, 3.05) is 0 Å². The van der Waals surface area contributed by atoms with Crippen LogP contribution in [0.4, 0.5) is 0 Å². The van der Waals surface area contributed by atoms with E-state index in [2.05, 4.69) is 9.97 Å². The van der Waals surface area contributed by atoms with Crippen molar-refractivity contribution in [3.05, 3.63) is 48.8 Å². The third kappa shape index (κ3) is 3.04. The Labute approximate surface area is 101 Å². The van der Waals surface area contributed by atoms with E-state index in [-0.39, 0.29) is 12.4 Å². The predicted octanol–water partition coefficient (Wildman–Crippen LogP) is 1.23. The van der Waals surface area contributed by atoms with Crippen molar-refractivity contribution in [3.8, 4) is 0 Å². The Morgan fingerprint density at radius 3 is 1.67 bits per heavy atom. The summed E-state index contributed by atoms with van der Waals surface area (Å²) < 4.78 is 10.00. The summed E-state index contributed by atoms with van der Waals surface area (Å²) in [6, 6.07) is 11.5. The van der Waals surface area contributed by atoms with Gasteiger partial charge in [0, 0.05) is 0 Å². The predicted molar refractivity (Wildman–Crippen MR) is 57.7 cm³/mol.